The molecule has 0 saturated carbocycles. The molecule has 3 N–H and O–H groups in total. The Morgan fingerprint density at radius 3 is 2.38 bits per heavy atom. The molecule has 0 unspecified atom stereocenters. The molecule has 0 spiro atoms. The van der Waals surface area contributed by atoms with Gasteiger partial charge in [0.15, 0.2) is 0 Å². The fourth-order valence-corrected chi connectivity index (χ4v) is 2.85. The summed E-state index contributed by atoms with van der Waals surface area (Å²) in [6, 6.07) is 1.77. The highest BCUT2D eigenvalue weighted by Gasteiger charge is 2.31. The van der Waals surface area contributed by atoms with E-state index in [1.54, 1.807) is 13.0 Å². The Hall–Kier alpha value is -1.40. The van der Waals surface area contributed by atoms with Gasteiger partial charge in [-0.15, -0.1) is 11.3 Å². The Balaban J connectivity index is 3.04. The highest BCUT2D eigenvalue weighted by atomic mass is 32.1. The molecule has 6 heteroatoms. The first-order valence-electron chi connectivity index (χ1n) is 7.31. The first-order chi connectivity index (χ1) is 9.91. The normalized spacial score (nSPS) is 11.3. The topological polar surface area (TPSA) is 81.4 Å². The predicted molar refractivity (Wildman–Crippen MR) is 85.8 cm³/mol. The van der Waals surface area contributed by atoms with Gasteiger partial charge in [0.2, 0.25) is 5.91 Å². The first-order valence-corrected chi connectivity index (χ1v) is 8.13. The van der Waals surface area contributed by atoms with Gasteiger partial charge in [-0.2, -0.15) is 0 Å². The number of hydrogen-bond donors (Lipinski definition) is 2. The van der Waals surface area contributed by atoms with Crippen molar-refractivity contribution in [1.29, 1.82) is 0 Å². The van der Waals surface area contributed by atoms with E-state index < -0.39 is 11.5 Å². The maximum atomic E-state index is 12.3. The molecule has 0 radical (unpaired) electrons. The summed E-state index contributed by atoms with van der Waals surface area (Å²) in [6.07, 6.45) is 1.87. The standard InChI is InChI=1S/C15H24N2O3S/c1-5-10-9-11(13(18)20-8-4)12(21-10)17-14(19)15(16,6-2)7-3/h9H,5-8,16H2,1-4H3,(H,17,19). The zero-order valence-electron chi connectivity index (χ0n) is 13.1. The second kappa shape index (κ2) is 7.56. The molecule has 1 aromatic heterocycles. The number of nitrogens with one attached hydrogen (secondary N) is 1. The molecule has 0 atom stereocenters. The van der Waals surface area contributed by atoms with Crippen LogP contribution in [0.4, 0.5) is 5.00 Å². The fraction of sp³-hybridized carbons (Fsp3) is 0.600. The maximum absolute atomic E-state index is 12.3. The van der Waals surface area contributed by atoms with Crippen LogP contribution in [0.15, 0.2) is 6.07 Å². The molecule has 1 aromatic rings. The number of anilines is 1. The molecule has 1 rings (SSSR count). The van der Waals surface area contributed by atoms with Crippen molar-refractivity contribution in [2.45, 2.75) is 52.5 Å². The number of thiophene rings is 1. The van der Waals surface area contributed by atoms with Gasteiger partial charge in [0.1, 0.15) is 5.00 Å². The van der Waals surface area contributed by atoms with Gasteiger partial charge in [-0.1, -0.05) is 20.8 Å². The number of nitrogens with two attached hydrogens (primary N) is 1. The van der Waals surface area contributed by atoms with Crippen LogP contribution in [-0.2, 0) is 16.0 Å². The van der Waals surface area contributed by atoms with Gasteiger partial charge in [-0.05, 0) is 32.3 Å². The van der Waals surface area contributed by atoms with Gasteiger partial charge in [-0.25, -0.2) is 4.79 Å². The monoisotopic (exact) mass is 312 g/mol. The average Bonchev–Trinajstić information content (AvgIpc) is 2.89. The average molecular weight is 312 g/mol. The number of rotatable bonds is 7. The molecule has 5 nitrogen and oxygen atoms in total. The van der Waals surface area contributed by atoms with E-state index in [0.29, 0.717) is 30.0 Å². The number of hydrogen-bond acceptors (Lipinski definition) is 5. The van der Waals surface area contributed by atoms with E-state index in [2.05, 4.69) is 5.32 Å². The summed E-state index contributed by atoms with van der Waals surface area (Å²) in [5.74, 6) is -0.679. The lowest BCUT2D eigenvalue weighted by atomic mass is 9.93. The summed E-state index contributed by atoms with van der Waals surface area (Å²) >= 11 is 1.39. The van der Waals surface area contributed by atoms with Gasteiger partial charge < -0.3 is 15.8 Å². The first kappa shape index (κ1) is 17.7. The Morgan fingerprint density at radius 2 is 1.90 bits per heavy atom. The summed E-state index contributed by atoms with van der Waals surface area (Å²) in [4.78, 5) is 25.3. The number of carbonyl (C=O) groups excluding carboxylic acids is 2. The SMILES string of the molecule is CCOC(=O)c1cc(CC)sc1NC(=O)C(N)(CC)CC. The molecule has 1 heterocycles. The van der Waals surface area contributed by atoms with Crippen molar-refractivity contribution in [3.05, 3.63) is 16.5 Å². The molecular weight excluding hydrogens is 288 g/mol. The second-order valence-electron chi connectivity index (χ2n) is 4.85. The number of ether oxygens (including phenoxy) is 1. The molecule has 0 aliphatic rings. The van der Waals surface area contributed by atoms with Crippen LogP contribution >= 0.6 is 11.3 Å². The van der Waals surface area contributed by atoms with Crippen molar-refractivity contribution in [3.63, 3.8) is 0 Å². The minimum Gasteiger partial charge on any atom is -0.462 e. The van der Waals surface area contributed by atoms with Crippen LogP contribution in [0.1, 0.15) is 55.8 Å². The van der Waals surface area contributed by atoms with Gasteiger partial charge in [0.25, 0.3) is 0 Å². The summed E-state index contributed by atoms with van der Waals surface area (Å²) in [6.45, 7) is 7.80. The molecule has 0 aromatic carbocycles. The zero-order valence-corrected chi connectivity index (χ0v) is 13.9. The van der Waals surface area contributed by atoms with Crippen LogP contribution in [-0.4, -0.2) is 24.0 Å². The van der Waals surface area contributed by atoms with E-state index in [1.165, 1.54) is 11.3 Å². The molecule has 0 fully saturated rings. The van der Waals surface area contributed by atoms with E-state index in [4.69, 9.17) is 10.5 Å². The van der Waals surface area contributed by atoms with E-state index in [0.717, 1.165) is 11.3 Å². The Kier molecular flexibility index (Phi) is 6.36. The molecule has 0 aliphatic carbocycles. The van der Waals surface area contributed by atoms with Crippen LogP contribution < -0.4 is 11.1 Å². The van der Waals surface area contributed by atoms with Gasteiger partial charge in [0.05, 0.1) is 17.7 Å². The largest absolute Gasteiger partial charge is 0.462 e. The van der Waals surface area contributed by atoms with Crippen LogP contribution in [0.5, 0.6) is 0 Å². The molecule has 0 saturated heterocycles. The van der Waals surface area contributed by atoms with Crippen molar-refractivity contribution in [2.24, 2.45) is 5.73 Å². The number of carbonyl (C=O) groups is 2. The highest BCUT2D eigenvalue weighted by Crippen LogP contribution is 2.30. The zero-order chi connectivity index (χ0) is 16.0. The third kappa shape index (κ3) is 4.04. The summed E-state index contributed by atoms with van der Waals surface area (Å²) in [7, 11) is 0. The quantitative estimate of drug-likeness (QED) is 0.758. The van der Waals surface area contributed by atoms with E-state index >= 15 is 0 Å². The van der Waals surface area contributed by atoms with Crippen LogP contribution in [0.2, 0.25) is 0 Å². The van der Waals surface area contributed by atoms with Crippen molar-refractivity contribution < 1.29 is 14.3 Å². The molecule has 1 amide bonds. The van der Waals surface area contributed by atoms with Crippen molar-refractivity contribution in [2.75, 3.05) is 11.9 Å². The van der Waals surface area contributed by atoms with Gasteiger partial charge >= 0.3 is 5.97 Å². The maximum Gasteiger partial charge on any atom is 0.341 e. The molecule has 118 valence electrons. The fourth-order valence-electron chi connectivity index (χ4n) is 1.87. The number of aryl methyl sites for hydroxylation is 1. The smallest absolute Gasteiger partial charge is 0.341 e. The van der Waals surface area contributed by atoms with Crippen molar-refractivity contribution in [3.8, 4) is 0 Å². The van der Waals surface area contributed by atoms with Crippen molar-refractivity contribution in [1.82, 2.24) is 0 Å². The second-order valence-corrected chi connectivity index (χ2v) is 5.98. The lowest BCUT2D eigenvalue weighted by Crippen LogP contribution is -2.50. The number of amides is 1. The van der Waals surface area contributed by atoms with Crippen LogP contribution in [0.25, 0.3) is 0 Å². The number of esters is 1. The van der Waals surface area contributed by atoms with Crippen LogP contribution in [0.3, 0.4) is 0 Å². The molecule has 0 aliphatic heterocycles. The third-order valence-corrected chi connectivity index (χ3v) is 4.76. The lowest BCUT2D eigenvalue weighted by molar-refractivity contribution is -0.121. The van der Waals surface area contributed by atoms with Gasteiger partial charge in [-0.3, -0.25) is 4.79 Å². The molecule has 0 bridgehead atoms. The van der Waals surface area contributed by atoms with Gasteiger partial charge in [0, 0.05) is 4.88 Å². The molecule has 21 heavy (non-hydrogen) atoms. The summed E-state index contributed by atoms with van der Waals surface area (Å²) in [5, 5.41) is 3.32. The van der Waals surface area contributed by atoms with E-state index in [9.17, 15) is 9.59 Å². The summed E-state index contributed by atoms with van der Waals surface area (Å²) in [5.41, 5.74) is 5.58. The van der Waals surface area contributed by atoms with E-state index in [1.807, 2.05) is 20.8 Å². The van der Waals surface area contributed by atoms with Crippen LogP contribution in [0, 0.1) is 0 Å². The van der Waals surface area contributed by atoms with E-state index in [-0.39, 0.29) is 5.91 Å². The minimum atomic E-state index is -0.914. The Labute approximate surface area is 129 Å². The minimum absolute atomic E-state index is 0.262. The predicted octanol–water partition coefficient (Wildman–Crippen LogP) is 2.94. The summed E-state index contributed by atoms with van der Waals surface area (Å²) < 4.78 is 5.03. The highest BCUT2D eigenvalue weighted by molar-refractivity contribution is 7.16. The lowest BCUT2D eigenvalue weighted by Gasteiger charge is -2.24. The Morgan fingerprint density at radius 1 is 1.29 bits per heavy atom. The Bertz CT molecular complexity index is 507. The van der Waals surface area contributed by atoms with Crippen molar-refractivity contribution >= 4 is 28.2 Å². The third-order valence-electron chi connectivity index (χ3n) is 3.57. The molecular formula is C15H24N2O3S.